The standard InChI is InChI=1S/C74H144O17P2/c1-8-9-10-38-48-55-71(76)84-61-69(90-73(78)58-51-44-37-31-25-24-28-34-41-47-54-67(6)7)63-88-92(80,81)86-59-68(75)60-87-93(82,83)89-64-70(62-85-72(77)56-49-42-35-29-22-19-15-17-21-27-33-40-46-53-66(4)5)91-74(79)57-50-43-36-30-23-18-14-12-11-13-16-20-26-32-39-45-52-65(2)3/h65-70,75H,8-64H2,1-7H3,(H,80,81)(H,82,83)/t68-,69+,70+/m0/s1. The second-order valence-corrected chi connectivity index (χ2v) is 31.0. The maximum Gasteiger partial charge on any atom is 0.472 e. The summed E-state index contributed by atoms with van der Waals surface area (Å²) in [5.74, 6) is 0.221. The van der Waals surface area contributed by atoms with Crippen LogP contribution in [0.25, 0.3) is 0 Å². The maximum absolute atomic E-state index is 13.1. The van der Waals surface area contributed by atoms with Crippen molar-refractivity contribution in [2.75, 3.05) is 39.6 Å². The van der Waals surface area contributed by atoms with Gasteiger partial charge < -0.3 is 33.8 Å². The Labute approximate surface area is 568 Å². The van der Waals surface area contributed by atoms with Crippen molar-refractivity contribution in [3.05, 3.63) is 0 Å². The molecule has 0 rings (SSSR count). The molecule has 0 spiro atoms. The average molecular weight is 1370 g/mol. The lowest BCUT2D eigenvalue weighted by molar-refractivity contribution is -0.161. The molecule has 19 heteroatoms. The van der Waals surface area contributed by atoms with E-state index in [0.717, 1.165) is 114 Å². The summed E-state index contributed by atoms with van der Waals surface area (Å²) in [5, 5.41) is 10.6. The van der Waals surface area contributed by atoms with Gasteiger partial charge in [0.1, 0.15) is 19.3 Å². The first-order valence-corrected chi connectivity index (χ1v) is 41.3. The van der Waals surface area contributed by atoms with Crippen LogP contribution >= 0.6 is 15.6 Å². The predicted octanol–water partition coefficient (Wildman–Crippen LogP) is 21.4. The monoisotopic (exact) mass is 1370 g/mol. The van der Waals surface area contributed by atoms with Gasteiger partial charge in [0.2, 0.25) is 0 Å². The fraction of sp³-hybridized carbons (Fsp3) is 0.946. The van der Waals surface area contributed by atoms with E-state index in [2.05, 4.69) is 48.5 Å². The molecule has 0 aliphatic heterocycles. The van der Waals surface area contributed by atoms with Crippen molar-refractivity contribution in [1.29, 1.82) is 0 Å². The summed E-state index contributed by atoms with van der Waals surface area (Å²) < 4.78 is 68.2. The number of carbonyl (C=O) groups is 4. The molecule has 0 aromatic rings. The van der Waals surface area contributed by atoms with Gasteiger partial charge in [-0.1, -0.05) is 325 Å². The molecule has 0 aliphatic carbocycles. The molecule has 0 amide bonds. The van der Waals surface area contributed by atoms with Crippen molar-refractivity contribution in [3.8, 4) is 0 Å². The van der Waals surface area contributed by atoms with E-state index in [1.165, 1.54) is 180 Å². The third-order valence-corrected chi connectivity index (χ3v) is 19.0. The minimum atomic E-state index is -4.95. The Kier molecular flexibility index (Phi) is 63.4. The molecule has 0 bridgehead atoms. The minimum absolute atomic E-state index is 0.105. The Bertz CT molecular complexity index is 1820. The first kappa shape index (κ1) is 91.1. The van der Waals surface area contributed by atoms with Crippen LogP contribution in [-0.4, -0.2) is 96.7 Å². The maximum atomic E-state index is 13.1. The highest BCUT2D eigenvalue weighted by Crippen LogP contribution is 2.45. The molecular weight excluding hydrogens is 1220 g/mol. The average Bonchev–Trinajstić information content (AvgIpc) is 1.60. The number of unbranched alkanes of at least 4 members (excludes halogenated alkanes) is 40. The normalized spacial score (nSPS) is 14.1. The van der Waals surface area contributed by atoms with Crippen molar-refractivity contribution >= 4 is 39.5 Å². The van der Waals surface area contributed by atoms with Crippen LogP contribution in [-0.2, 0) is 65.4 Å². The summed E-state index contributed by atoms with van der Waals surface area (Å²) in [6, 6.07) is 0. The summed E-state index contributed by atoms with van der Waals surface area (Å²) in [4.78, 5) is 72.4. The zero-order valence-electron chi connectivity index (χ0n) is 60.7. The third-order valence-electron chi connectivity index (χ3n) is 17.1. The van der Waals surface area contributed by atoms with Gasteiger partial charge in [0.15, 0.2) is 12.2 Å². The number of phosphoric ester groups is 2. The summed E-state index contributed by atoms with van der Waals surface area (Å²) in [7, 11) is -9.90. The second-order valence-electron chi connectivity index (χ2n) is 28.1. The number of hydrogen-bond acceptors (Lipinski definition) is 15. The number of aliphatic hydroxyl groups is 1. The van der Waals surface area contributed by atoms with E-state index in [1.807, 2.05) is 0 Å². The van der Waals surface area contributed by atoms with Crippen molar-refractivity contribution in [1.82, 2.24) is 0 Å². The van der Waals surface area contributed by atoms with Gasteiger partial charge in [-0.15, -0.1) is 0 Å². The van der Waals surface area contributed by atoms with E-state index in [-0.39, 0.29) is 25.7 Å². The van der Waals surface area contributed by atoms with Gasteiger partial charge >= 0.3 is 39.5 Å². The van der Waals surface area contributed by atoms with Gasteiger partial charge in [0, 0.05) is 25.7 Å². The van der Waals surface area contributed by atoms with Gasteiger partial charge in [-0.2, -0.15) is 0 Å². The third kappa shape index (κ3) is 68.4. The molecule has 552 valence electrons. The summed E-state index contributed by atoms with van der Waals surface area (Å²) >= 11 is 0. The van der Waals surface area contributed by atoms with Crippen LogP contribution in [0.3, 0.4) is 0 Å². The Morgan fingerprint density at radius 2 is 0.495 bits per heavy atom. The van der Waals surface area contributed by atoms with Gasteiger partial charge in [-0.25, -0.2) is 9.13 Å². The zero-order valence-corrected chi connectivity index (χ0v) is 62.5. The van der Waals surface area contributed by atoms with E-state index in [1.54, 1.807) is 0 Å². The molecular formula is C74H144O17P2. The van der Waals surface area contributed by atoms with E-state index < -0.39 is 97.5 Å². The molecule has 3 N–H and O–H groups in total. The molecule has 0 fully saturated rings. The lowest BCUT2D eigenvalue weighted by Crippen LogP contribution is -2.30. The smallest absolute Gasteiger partial charge is 0.462 e. The molecule has 17 nitrogen and oxygen atoms in total. The molecule has 5 atom stereocenters. The lowest BCUT2D eigenvalue weighted by atomic mass is 10.0. The van der Waals surface area contributed by atoms with E-state index >= 15 is 0 Å². The van der Waals surface area contributed by atoms with Crippen LogP contribution in [0.4, 0.5) is 0 Å². The Morgan fingerprint density at radius 3 is 0.731 bits per heavy atom. The van der Waals surface area contributed by atoms with Crippen LogP contribution in [0.2, 0.25) is 0 Å². The topological polar surface area (TPSA) is 237 Å². The number of phosphoric acid groups is 2. The first-order chi connectivity index (χ1) is 44.7. The van der Waals surface area contributed by atoms with Crippen molar-refractivity contribution in [2.24, 2.45) is 17.8 Å². The second kappa shape index (κ2) is 64.7. The summed E-state index contributed by atoms with van der Waals surface area (Å²) in [6.45, 7) is 11.8. The molecule has 0 radical (unpaired) electrons. The highest BCUT2D eigenvalue weighted by molar-refractivity contribution is 7.47. The molecule has 93 heavy (non-hydrogen) atoms. The van der Waals surface area contributed by atoms with Gasteiger partial charge in [0.25, 0.3) is 0 Å². The van der Waals surface area contributed by atoms with Crippen molar-refractivity contribution in [2.45, 2.75) is 394 Å². The van der Waals surface area contributed by atoms with Crippen LogP contribution in [0.5, 0.6) is 0 Å². The number of esters is 4. The molecule has 0 saturated heterocycles. The molecule has 2 unspecified atom stereocenters. The number of aliphatic hydroxyl groups excluding tert-OH is 1. The molecule has 0 saturated carbocycles. The lowest BCUT2D eigenvalue weighted by Gasteiger charge is -2.21. The fourth-order valence-corrected chi connectivity index (χ4v) is 12.8. The zero-order chi connectivity index (χ0) is 68.7. The highest BCUT2D eigenvalue weighted by atomic mass is 31.2. The molecule has 0 aromatic heterocycles. The van der Waals surface area contributed by atoms with E-state index in [9.17, 15) is 43.2 Å². The Morgan fingerprint density at radius 1 is 0.290 bits per heavy atom. The Balaban J connectivity index is 5.15. The number of carbonyl (C=O) groups excluding carboxylic acids is 4. The molecule has 0 heterocycles. The van der Waals surface area contributed by atoms with E-state index in [4.69, 9.17) is 37.0 Å². The predicted molar refractivity (Wildman–Crippen MR) is 377 cm³/mol. The first-order valence-electron chi connectivity index (χ1n) is 38.3. The quantitative estimate of drug-likeness (QED) is 0.0222. The number of rotatable bonds is 72. The van der Waals surface area contributed by atoms with Crippen LogP contribution in [0.1, 0.15) is 376 Å². The van der Waals surface area contributed by atoms with Gasteiger partial charge in [-0.05, 0) is 43.4 Å². The van der Waals surface area contributed by atoms with Crippen LogP contribution < -0.4 is 0 Å². The largest absolute Gasteiger partial charge is 0.472 e. The summed E-state index contributed by atoms with van der Waals surface area (Å²) in [6.07, 6.45) is 50.4. The van der Waals surface area contributed by atoms with Gasteiger partial charge in [-0.3, -0.25) is 37.3 Å². The van der Waals surface area contributed by atoms with Crippen LogP contribution in [0.15, 0.2) is 0 Å². The van der Waals surface area contributed by atoms with Crippen molar-refractivity contribution in [3.63, 3.8) is 0 Å². The molecule has 0 aromatic carbocycles. The van der Waals surface area contributed by atoms with E-state index in [0.29, 0.717) is 25.7 Å². The number of ether oxygens (including phenoxy) is 4. The molecule has 0 aliphatic rings. The van der Waals surface area contributed by atoms with Gasteiger partial charge in [0.05, 0.1) is 26.4 Å². The fourth-order valence-electron chi connectivity index (χ4n) is 11.2. The van der Waals surface area contributed by atoms with Crippen LogP contribution in [0, 0.1) is 17.8 Å². The highest BCUT2D eigenvalue weighted by Gasteiger charge is 2.30. The number of hydrogen-bond donors (Lipinski definition) is 3. The minimum Gasteiger partial charge on any atom is -0.462 e. The SMILES string of the molecule is CCCCCCCC(=O)OC[C@H](COP(=O)(O)OC[C@H](O)COP(=O)(O)OC[C@@H](COC(=O)CCCCCCCCCCCCCCCC(C)C)OC(=O)CCCCCCCCCCCCCCCCCCC(C)C)OC(=O)CCCCCCCCCCCCC(C)C. The summed E-state index contributed by atoms with van der Waals surface area (Å²) in [5.41, 5.74) is 0. The Hall–Kier alpha value is -1.94. The van der Waals surface area contributed by atoms with Crippen molar-refractivity contribution < 1.29 is 80.2 Å².